The van der Waals surface area contributed by atoms with E-state index < -0.39 is 62.7 Å². The van der Waals surface area contributed by atoms with Gasteiger partial charge in [0.05, 0.1) is 31.0 Å². The Kier molecular flexibility index (Phi) is 15.4. The number of hydroxylamine groups is 2. The van der Waals surface area contributed by atoms with E-state index in [1.54, 1.807) is 6.92 Å². The number of nitrogens with one attached hydrogen (secondary N) is 2. The molecule has 2 aliphatic rings. The number of aliphatic hydroxyl groups excluding tert-OH is 2. The molecular weight excluding hydrogens is 646 g/mol. The molecule has 4 N–H and O–H groups in total. The lowest BCUT2D eigenvalue weighted by molar-refractivity contribution is -0.803. The van der Waals surface area contributed by atoms with Crippen LogP contribution in [-0.2, 0) is 30.6 Å². The SMILES string of the molecule is CCCC[C@H](NC(=O)[C@@H](Cc1cccc2ccccc12)CS(=O)(=O)CC)C(=O)[NH+]([O-])[C@@H](CC1CCCCC1)[C@@H](O)[C@@H](O)CN1CCOCC1. The zero-order valence-electron chi connectivity index (χ0n) is 29.2. The number of β-amino-alcohol motifs (C(OH)–C–C–N with tert-alkyl or cyclic N) is 1. The predicted octanol–water partition coefficient (Wildman–Crippen LogP) is 2.41. The molecule has 1 heterocycles. The highest BCUT2D eigenvalue weighted by atomic mass is 32.2. The standard InChI is InChI=1S/C37H57N3O8S/c1-3-5-18-32(38-36(43)30(26-49(46,47)4-2)24-29-16-11-15-28-14-9-10-17-31(28)29)37(44)40(45)33(23-27-12-7-6-8-13-27)35(42)34(41)25-39-19-21-48-22-20-39/h9-11,14-17,27,30,32-35,40-42H,3-8,12-13,18-26H2,1-2H3,(H,38,43)/t30-,32-,33-,34-,35+/m0/s1. The molecule has 1 aliphatic heterocycles. The fourth-order valence-electron chi connectivity index (χ4n) is 7.32. The minimum atomic E-state index is -3.57. The summed E-state index contributed by atoms with van der Waals surface area (Å²) in [6.07, 6.45) is 4.14. The van der Waals surface area contributed by atoms with Crippen molar-refractivity contribution in [2.24, 2.45) is 11.8 Å². The van der Waals surface area contributed by atoms with E-state index in [1.807, 2.05) is 54.3 Å². The van der Waals surface area contributed by atoms with Gasteiger partial charge in [-0.05, 0) is 35.1 Å². The van der Waals surface area contributed by atoms with E-state index >= 15 is 0 Å². The van der Waals surface area contributed by atoms with Crippen molar-refractivity contribution in [2.75, 3.05) is 44.4 Å². The minimum absolute atomic E-state index is 0.128. The summed E-state index contributed by atoms with van der Waals surface area (Å²) in [7, 11) is -3.57. The molecule has 1 aliphatic carbocycles. The number of amides is 2. The lowest BCUT2D eigenvalue weighted by Crippen LogP contribution is -3.17. The molecule has 49 heavy (non-hydrogen) atoms. The van der Waals surface area contributed by atoms with Gasteiger partial charge in [-0.3, -0.25) is 9.69 Å². The summed E-state index contributed by atoms with van der Waals surface area (Å²) in [5.41, 5.74) is 0.821. The van der Waals surface area contributed by atoms with Crippen LogP contribution in [0, 0.1) is 17.0 Å². The Morgan fingerprint density at radius 1 is 1.04 bits per heavy atom. The molecule has 1 saturated heterocycles. The van der Waals surface area contributed by atoms with Crippen molar-refractivity contribution in [3.05, 3.63) is 53.2 Å². The summed E-state index contributed by atoms with van der Waals surface area (Å²) in [6, 6.07) is 11.1. The van der Waals surface area contributed by atoms with E-state index in [4.69, 9.17) is 4.74 Å². The molecule has 0 spiro atoms. The number of carbonyl (C=O) groups is 2. The lowest BCUT2D eigenvalue weighted by Gasteiger charge is -2.39. The highest BCUT2D eigenvalue weighted by molar-refractivity contribution is 7.91. The second kappa shape index (κ2) is 19.2. The van der Waals surface area contributed by atoms with Crippen molar-refractivity contribution in [2.45, 2.75) is 102 Å². The summed E-state index contributed by atoms with van der Waals surface area (Å²) in [5, 5.41) is 40.6. The molecule has 12 heteroatoms. The first-order chi connectivity index (χ1) is 23.5. The van der Waals surface area contributed by atoms with Crippen molar-refractivity contribution in [1.29, 1.82) is 0 Å². The molecule has 0 aromatic heterocycles. The van der Waals surface area contributed by atoms with Crippen LogP contribution in [0.25, 0.3) is 10.8 Å². The third-order valence-electron chi connectivity index (χ3n) is 10.3. The molecule has 274 valence electrons. The van der Waals surface area contributed by atoms with Gasteiger partial charge in [-0.15, -0.1) is 0 Å². The maximum absolute atomic E-state index is 14.1. The van der Waals surface area contributed by atoms with E-state index in [0.717, 1.165) is 48.4 Å². The van der Waals surface area contributed by atoms with Gasteiger partial charge in [0.1, 0.15) is 18.2 Å². The number of benzene rings is 2. The second-order valence-corrected chi connectivity index (χ2v) is 16.4. The number of morpholine rings is 1. The van der Waals surface area contributed by atoms with Crippen LogP contribution < -0.4 is 10.4 Å². The number of nitrogens with zero attached hydrogens (tertiary/aromatic N) is 1. The van der Waals surface area contributed by atoms with Gasteiger partial charge in [-0.2, -0.15) is 0 Å². The van der Waals surface area contributed by atoms with Crippen LogP contribution in [0.5, 0.6) is 0 Å². The van der Waals surface area contributed by atoms with Gasteiger partial charge >= 0.3 is 5.91 Å². The van der Waals surface area contributed by atoms with Gasteiger partial charge in [0, 0.05) is 31.8 Å². The molecule has 6 atom stereocenters. The Bertz CT molecular complexity index is 1440. The quantitative estimate of drug-likeness (QED) is 0.171. The van der Waals surface area contributed by atoms with Crippen LogP contribution >= 0.6 is 0 Å². The number of sulfone groups is 1. The Labute approximate surface area is 291 Å². The van der Waals surface area contributed by atoms with Crippen molar-refractivity contribution < 1.29 is 38.0 Å². The average Bonchev–Trinajstić information content (AvgIpc) is 3.12. The first-order valence-corrected chi connectivity index (χ1v) is 20.1. The molecule has 2 aromatic rings. The Morgan fingerprint density at radius 2 is 1.73 bits per heavy atom. The monoisotopic (exact) mass is 703 g/mol. The fourth-order valence-corrected chi connectivity index (χ4v) is 8.43. The minimum Gasteiger partial charge on any atom is -0.626 e. The lowest BCUT2D eigenvalue weighted by atomic mass is 9.82. The van der Waals surface area contributed by atoms with Gasteiger partial charge in [-0.25, -0.2) is 13.2 Å². The highest BCUT2D eigenvalue weighted by Crippen LogP contribution is 2.28. The van der Waals surface area contributed by atoms with Crippen LogP contribution in [0.15, 0.2) is 42.5 Å². The van der Waals surface area contributed by atoms with Crippen LogP contribution in [0.2, 0.25) is 0 Å². The topological polar surface area (TPSA) is 161 Å². The summed E-state index contributed by atoms with van der Waals surface area (Å²) in [4.78, 5) is 30.0. The zero-order chi connectivity index (χ0) is 35.4. The van der Waals surface area contributed by atoms with Crippen LogP contribution in [0.1, 0.15) is 77.2 Å². The third kappa shape index (κ3) is 11.5. The molecule has 0 radical (unpaired) electrons. The number of rotatable bonds is 18. The van der Waals surface area contributed by atoms with E-state index in [2.05, 4.69) is 5.32 Å². The summed E-state index contributed by atoms with van der Waals surface area (Å²) < 4.78 is 31.1. The molecule has 2 amide bonds. The van der Waals surface area contributed by atoms with Crippen LogP contribution in [-0.4, -0.2) is 104 Å². The number of aliphatic hydroxyl groups is 2. The number of carbonyl (C=O) groups excluding carboxylic acids is 2. The average molecular weight is 704 g/mol. The van der Waals surface area contributed by atoms with E-state index in [-0.39, 0.29) is 31.1 Å². The van der Waals surface area contributed by atoms with Gasteiger partial charge < -0.3 is 30.5 Å². The normalized spacial score (nSPS) is 20.3. The molecule has 11 nitrogen and oxygen atoms in total. The van der Waals surface area contributed by atoms with Crippen molar-refractivity contribution in [3.63, 3.8) is 0 Å². The maximum atomic E-state index is 14.1. The van der Waals surface area contributed by atoms with E-state index in [1.165, 1.54) is 0 Å². The number of quaternary nitrogens is 1. The smallest absolute Gasteiger partial charge is 0.334 e. The summed E-state index contributed by atoms with van der Waals surface area (Å²) in [6.45, 7) is 5.88. The molecule has 1 saturated carbocycles. The number of fused-ring (bicyclic) bond motifs is 1. The van der Waals surface area contributed by atoms with Gasteiger partial charge in [-0.1, -0.05) is 101 Å². The summed E-state index contributed by atoms with van der Waals surface area (Å²) >= 11 is 0. The van der Waals surface area contributed by atoms with Crippen LogP contribution in [0.4, 0.5) is 0 Å². The second-order valence-electron chi connectivity index (χ2n) is 14.0. The first-order valence-electron chi connectivity index (χ1n) is 18.2. The summed E-state index contributed by atoms with van der Waals surface area (Å²) in [5.74, 6) is -2.75. The number of ether oxygens (including phenoxy) is 1. The number of hydrogen-bond acceptors (Lipinski definition) is 9. The van der Waals surface area contributed by atoms with Gasteiger partial charge in [0.2, 0.25) is 5.91 Å². The molecule has 4 rings (SSSR count). The Hall–Kier alpha value is -2.45. The third-order valence-corrected chi connectivity index (χ3v) is 12.1. The van der Waals surface area contributed by atoms with Crippen molar-refractivity contribution >= 4 is 32.4 Å². The maximum Gasteiger partial charge on any atom is 0.334 e. The Morgan fingerprint density at radius 3 is 2.43 bits per heavy atom. The highest BCUT2D eigenvalue weighted by Gasteiger charge is 2.40. The van der Waals surface area contributed by atoms with E-state index in [9.17, 15) is 33.4 Å². The van der Waals surface area contributed by atoms with Crippen molar-refractivity contribution in [1.82, 2.24) is 10.2 Å². The molecular formula is C37H57N3O8S. The zero-order valence-corrected chi connectivity index (χ0v) is 30.0. The van der Waals surface area contributed by atoms with Gasteiger partial charge in [0.15, 0.2) is 9.84 Å². The largest absolute Gasteiger partial charge is 0.626 e. The first kappa shape index (κ1) is 39.3. The molecule has 1 unspecified atom stereocenters. The molecule has 2 aromatic carbocycles. The fraction of sp³-hybridized carbons (Fsp3) is 0.676. The number of hydrogen-bond donors (Lipinski definition) is 4. The molecule has 0 bridgehead atoms. The van der Waals surface area contributed by atoms with E-state index in [0.29, 0.717) is 45.6 Å². The van der Waals surface area contributed by atoms with Gasteiger partial charge in [0.25, 0.3) is 0 Å². The predicted molar refractivity (Wildman–Crippen MR) is 191 cm³/mol. The van der Waals surface area contributed by atoms with Crippen molar-refractivity contribution in [3.8, 4) is 0 Å². The van der Waals surface area contributed by atoms with Crippen LogP contribution in [0.3, 0.4) is 0 Å². The number of unbranched alkanes of at least 4 members (excludes halogenated alkanes) is 1. The Balaban J connectivity index is 1.57. The molecule has 2 fully saturated rings.